The third-order valence-corrected chi connectivity index (χ3v) is 3.58. The van der Waals surface area contributed by atoms with Gasteiger partial charge in [-0.05, 0) is 30.9 Å². The third kappa shape index (κ3) is 4.86. The van der Waals surface area contributed by atoms with Crippen molar-refractivity contribution in [2.24, 2.45) is 5.92 Å². The minimum Gasteiger partial charge on any atom is -0.313 e. The second kappa shape index (κ2) is 7.96. The second-order valence-corrected chi connectivity index (χ2v) is 5.49. The van der Waals surface area contributed by atoms with Crippen LogP contribution in [0.4, 0.5) is 5.95 Å². The maximum absolute atomic E-state index is 11.9. The summed E-state index contributed by atoms with van der Waals surface area (Å²) in [6.07, 6.45) is 6.16. The predicted octanol–water partition coefficient (Wildman–Crippen LogP) is 2.29. The van der Waals surface area contributed by atoms with Crippen LogP contribution in [0.25, 0.3) is 0 Å². The van der Waals surface area contributed by atoms with E-state index in [9.17, 15) is 4.79 Å². The maximum atomic E-state index is 11.9. The third-order valence-electron chi connectivity index (χ3n) is 3.58. The zero-order valence-corrected chi connectivity index (χ0v) is 13.2. The first-order chi connectivity index (χ1) is 10.3. The van der Waals surface area contributed by atoms with Crippen molar-refractivity contribution in [3.63, 3.8) is 0 Å². The Morgan fingerprint density at radius 2 is 2.05 bits per heavy atom. The second-order valence-electron chi connectivity index (χ2n) is 5.49. The van der Waals surface area contributed by atoms with Gasteiger partial charge < -0.3 is 9.88 Å². The molecule has 0 aliphatic heterocycles. The van der Waals surface area contributed by atoms with Crippen LogP contribution in [-0.4, -0.2) is 28.5 Å². The fourth-order valence-corrected chi connectivity index (χ4v) is 2.22. The van der Waals surface area contributed by atoms with Gasteiger partial charge in [0.15, 0.2) is 0 Å². The number of nitrogens with zero attached hydrogens (tertiary/aromatic N) is 2. The van der Waals surface area contributed by atoms with E-state index < -0.39 is 0 Å². The van der Waals surface area contributed by atoms with Crippen molar-refractivity contribution in [1.29, 1.82) is 0 Å². The van der Waals surface area contributed by atoms with E-state index in [0.29, 0.717) is 19.0 Å². The molecule has 2 N–H and O–H groups in total. The van der Waals surface area contributed by atoms with E-state index in [-0.39, 0.29) is 18.3 Å². The monoisotopic (exact) mass is 320 g/mol. The average Bonchev–Trinajstić information content (AvgIpc) is 3.22. The van der Waals surface area contributed by atoms with Gasteiger partial charge in [-0.15, -0.1) is 12.4 Å². The number of imidazole rings is 1. The van der Waals surface area contributed by atoms with Crippen molar-refractivity contribution in [3.05, 3.63) is 48.3 Å². The number of rotatable bonds is 7. The number of hydrogen-bond acceptors (Lipinski definition) is 3. The van der Waals surface area contributed by atoms with Gasteiger partial charge in [0.1, 0.15) is 0 Å². The van der Waals surface area contributed by atoms with Crippen molar-refractivity contribution in [2.45, 2.75) is 19.4 Å². The van der Waals surface area contributed by atoms with Crippen LogP contribution in [0.15, 0.2) is 42.7 Å². The molecule has 0 bridgehead atoms. The summed E-state index contributed by atoms with van der Waals surface area (Å²) in [4.78, 5) is 16.1. The van der Waals surface area contributed by atoms with Gasteiger partial charge in [0.25, 0.3) is 0 Å². The zero-order chi connectivity index (χ0) is 14.5. The number of anilines is 1. The fourth-order valence-electron chi connectivity index (χ4n) is 2.22. The van der Waals surface area contributed by atoms with Gasteiger partial charge in [-0.1, -0.05) is 30.3 Å². The first kappa shape index (κ1) is 16.5. The molecule has 1 fully saturated rings. The smallest absolute Gasteiger partial charge is 0.240 e. The highest BCUT2D eigenvalue weighted by Crippen LogP contribution is 2.27. The summed E-state index contributed by atoms with van der Waals surface area (Å²) in [5.41, 5.74) is 1.18. The predicted molar refractivity (Wildman–Crippen MR) is 89.2 cm³/mol. The summed E-state index contributed by atoms with van der Waals surface area (Å²) in [6.45, 7) is 1.98. The van der Waals surface area contributed by atoms with Gasteiger partial charge >= 0.3 is 0 Å². The molecule has 0 spiro atoms. The lowest BCUT2D eigenvalue weighted by Crippen LogP contribution is -2.30. The molecule has 1 saturated carbocycles. The standard InChI is InChI=1S/C16H20N4O.ClH/c21-15(11-17-10-13-6-7-13)19-16-18-8-9-20(16)12-14-4-2-1-3-5-14;/h1-5,8-9,13,17H,6-7,10-12H2,(H,18,19,21);1H. The van der Waals surface area contributed by atoms with Crippen molar-refractivity contribution < 1.29 is 4.79 Å². The lowest BCUT2D eigenvalue weighted by atomic mass is 10.2. The lowest BCUT2D eigenvalue weighted by molar-refractivity contribution is -0.115. The molecular formula is C16H21ClN4O. The molecule has 1 aromatic carbocycles. The molecule has 0 saturated heterocycles. The van der Waals surface area contributed by atoms with Crippen molar-refractivity contribution in [2.75, 3.05) is 18.4 Å². The van der Waals surface area contributed by atoms with Gasteiger partial charge in [0.2, 0.25) is 11.9 Å². The molecule has 5 nitrogen and oxygen atoms in total. The molecule has 22 heavy (non-hydrogen) atoms. The molecule has 0 atom stereocenters. The fraction of sp³-hybridized carbons (Fsp3) is 0.375. The molecule has 1 aliphatic carbocycles. The molecule has 3 rings (SSSR count). The van der Waals surface area contributed by atoms with Crippen LogP contribution in [0.5, 0.6) is 0 Å². The van der Waals surface area contributed by atoms with Gasteiger partial charge in [-0.25, -0.2) is 4.98 Å². The summed E-state index contributed by atoms with van der Waals surface area (Å²) >= 11 is 0. The van der Waals surface area contributed by atoms with E-state index in [1.807, 2.05) is 29.0 Å². The Morgan fingerprint density at radius 3 is 2.77 bits per heavy atom. The Bertz CT molecular complexity index is 595. The molecule has 2 aromatic rings. The Balaban J connectivity index is 0.00000176. The number of hydrogen-bond donors (Lipinski definition) is 2. The number of amides is 1. The lowest BCUT2D eigenvalue weighted by Gasteiger charge is -2.09. The van der Waals surface area contributed by atoms with Crippen molar-refractivity contribution in [3.8, 4) is 0 Å². The molecule has 118 valence electrons. The van der Waals surface area contributed by atoms with Gasteiger partial charge in [-0.3, -0.25) is 10.1 Å². The summed E-state index contributed by atoms with van der Waals surface area (Å²) < 4.78 is 1.94. The van der Waals surface area contributed by atoms with Crippen LogP contribution in [-0.2, 0) is 11.3 Å². The summed E-state index contributed by atoms with van der Waals surface area (Å²) in [7, 11) is 0. The van der Waals surface area contributed by atoms with Crippen molar-refractivity contribution >= 4 is 24.3 Å². The van der Waals surface area contributed by atoms with E-state index in [1.165, 1.54) is 18.4 Å². The van der Waals surface area contributed by atoms with Crippen molar-refractivity contribution in [1.82, 2.24) is 14.9 Å². The molecular weight excluding hydrogens is 300 g/mol. The molecule has 6 heteroatoms. The van der Waals surface area contributed by atoms with E-state index in [2.05, 4.69) is 27.8 Å². The number of benzene rings is 1. The molecule has 1 amide bonds. The number of halogens is 1. The zero-order valence-electron chi connectivity index (χ0n) is 12.4. The minimum absolute atomic E-state index is 0. The Hall–Kier alpha value is -1.85. The summed E-state index contributed by atoms with van der Waals surface area (Å²) in [5.74, 6) is 1.33. The van der Waals surface area contributed by atoms with E-state index in [1.54, 1.807) is 6.20 Å². The molecule has 1 aromatic heterocycles. The first-order valence-corrected chi connectivity index (χ1v) is 7.37. The van der Waals surface area contributed by atoms with Gasteiger partial charge in [0, 0.05) is 12.4 Å². The van der Waals surface area contributed by atoms with Gasteiger partial charge in [0.05, 0.1) is 13.1 Å². The quantitative estimate of drug-likeness (QED) is 0.823. The highest BCUT2D eigenvalue weighted by Gasteiger charge is 2.20. The molecule has 1 aliphatic rings. The van der Waals surface area contributed by atoms with E-state index in [0.717, 1.165) is 12.5 Å². The Labute approximate surface area is 136 Å². The highest BCUT2D eigenvalue weighted by molar-refractivity contribution is 5.90. The first-order valence-electron chi connectivity index (χ1n) is 7.37. The van der Waals surface area contributed by atoms with E-state index in [4.69, 9.17) is 0 Å². The van der Waals surface area contributed by atoms with Crippen LogP contribution < -0.4 is 10.6 Å². The van der Waals surface area contributed by atoms with Crippen LogP contribution in [0.2, 0.25) is 0 Å². The summed E-state index contributed by atoms with van der Waals surface area (Å²) in [5, 5.41) is 6.03. The highest BCUT2D eigenvalue weighted by atomic mass is 35.5. The molecule has 0 radical (unpaired) electrons. The Kier molecular flexibility index (Phi) is 5.98. The molecule has 1 heterocycles. The average molecular weight is 321 g/mol. The number of carbonyl (C=O) groups excluding carboxylic acids is 1. The normalized spacial score (nSPS) is 13.5. The number of aromatic nitrogens is 2. The largest absolute Gasteiger partial charge is 0.313 e. The topological polar surface area (TPSA) is 59.0 Å². The van der Waals surface area contributed by atoms with Crippen LogP contribution in [0.3, 0.4) is 0 Å². The van der Waals surface area contributed by atoms with E-state index >= 15 is 0 Å². The number of carbonyl (C=O) groups is 1. The Morgan fingerprint density at radius 1 is 1.27 bits per heavy atom. The van der Waals surface area contributed by atoms with Crippen LogP contribution >= 0.6 is 12.4 Å². The SMILES string of the molecule is Cl.O=C(CNCC1CC1)Nc1nccn1Cc1ccccc1. The maximum Gasteiger partial charge on any atom is 0.240 e. The summed E-state index contributed by atoms with van der Waals surface area (Å²) in [6, 6.07) is 10.1. The minimum atomic E-state index is -0.0452. The van der Waals surface area contributed by atoms with Gasteiger partial charge in [-0.2, -0.15) is 0 Å². The molecule has 0 unspecified atom stereocenters. The van der Waals surface area contributed by atoms with Crippen LogP contribution in [0, 0.1) is 5.92 Å². The number of nitrogens with one attached hydrogen (secondary N) is 2. The van der Waals surface area contributed by atoms with Crippen LogP contribution in [0.1, 0.15) is 18.4 Å².